The van der Waals surface area contributed by atoms with Crippen LogP contribution in [0.4, 0.5) is 0 Å². The summed E-state index contributed by atoms with van der Waals surface area (Å²) in [4.78, 5) is 21.9. The molecule has 1 aliphatic rings. The molecule has 0 aromatic heterocycles. The number of hydrogen-bond acceptors (Lipinski definition) is 5. The lowest BCUT2D eigenvalue weighted by Crippen LogP contribution is -2.25. The summed E-state index contributed by atoms with van der Waals surface area (Å²) in [5.41, 5.74) is 0.606. The first-order valence-corrected chi connectivity index (χ1v) is 4.96. The van der Waals surface area contributed by atoms with E-state index in [1.807, 2.05) is 0 Å². The summed E-state index contributed by atoms with van der Waals surface area (Å²) in [6.45, 7) is 5.13. The molecule has 0 radical (unpaired) electrons. The van der Waals surface area contributed by atoms with Crippen molar-refractivity contribution >= 4 is 12.3 Å². The van der Waals surface area contributed by atoms with E-state index in [1.54, 1.807) is 20.8 Å². The van der Waals surface area contributed by atoms with Crippen LogP contribution in [0.5, 0.6) is 0 Å². The third-order valence-electron chi connectivity index (χ3n) is 2.26. The van der Waals surface area contributed by atoms with Gasteiger partial charge in [-0.3, -0.25) is 0 Å². The van der Waals surface area contributed by atoms with Crippen LogP contribution in [0.2, 0.25) is 0 Å². The fraction of sp³-hybridized carbons (Fsp3) is 0.636. The van der Waals surface area contributed by atoms with Gasteiger partial charge in [-0.2, -0.15) is 0 Å². The number of carbonyl (C=O) groups is 2. The smallest absolute Gasteiger partial charge is 0.330 e. The lowest BCUT2D eigenvalue weighted by Gasteiger charge is -2.16. The average Bonchev–Trinajstić information content (AvgIpc) is 2.53. The lowest BCUT2D eigenvalue weighted by molar-refractivity contribution is -0.148. The molecule has 0 bridgehead atoms. The van der Waals surface area contributed by atoms with Gasteiger partial charge in [0.05, 0.1) is 7.11 Å². The Balaban J connectivity index is 2.83. The summed E-state index contributed by atoms with van der Waals surface area (Å²) in [7, 11) is 1.29. The second kappa shape index (κ2) is 4.76. The molecule has 5 heteroatoms. The Bertz CT molecular complexity index is 318. The molecule has 16 heavy (non-hydrogen) atoms. The van der Waals surface area contributed by atoms with Crippen LogP contribution in [0, 0.1) is 0 Å². The molecule has 0 spiro atoms. The summed E-state index contributed by atoms with van der Waals surface area (Å²) in [5, 5.41) is 0. The predicted molar refractivity (Wildman–Crippen MR) is 55.7 cm³/mol. The molecule has 1 aliphatic heterocycles. The minimum Gasteiger partial charge on any atom is -0.466 e. The number of carbonyl (C=O) groups excluding carboxylic acids is 2. The van der Waals surface area contributed by atoms with Crippen molar-refractivity contribution in [1.29, 1.82) is 0 Å². The zero-order chi connectivity index (χ0) is 12.3. The summed E-state index contributed by atoms with van der Waals surface area (Å²) < 4.78 is 15.4. The Morgan fingerprint density at radius 2 is 2.00 bits per heavy atom. The summed E-state index contributed by atoms with van der Waals surface area (Å²) >= 11 is 0. The fourth-order valence-electron chi connectivity index (χ4n) is 1.57. The van der Waals surface area contributed by atoms with Gasteiger partial charge in [-0.25, -0.2) is 4.79 Å². The molecular weight excluding hydrogens is 212 g/mol. The SMILES string of the molecule is COC(=O)/C=C(\C)[C@@H]1OC(C)(C)O[C@H]1C=O. The lowest BCUT2D eigenvalue weighted by atomic mass is 10.1. The molecule has 1 fully saturated rings. The van der Waals surface area contributed by atoms with Crippen molar-refractivity contribution in [3.63, 3.8) is 0 Å². The Labute approximate surface area is 94.4 Å². The number of aldehydes is 1. The van der Waals surface area contributed by atoms with Gasteiger partial charge in [-0.1, -0.05) is 0 Å². The second-order valence-corrected chi connectivity index (χ2v) is 4.07. The molecule has 0 aromatic rings. The van der Waals surface area contributed by atoms with E-state index < -0.39 is 24.0 Å². The largest absolute Gasteiger partial charge is 0.466 e. The highest BCUT2D eigenvalue weighted by Gasteiger charge is 2.42. The summed E-state index contributed by atoms with van der Waals surface area (Å²) in [6.07, 6.45) is 0.752. The highest BCUT2D eigenvalue weighted by molar-refractivity contribution is 5.83. The van der Waals surface area contributed by atoms with E-state index in [1.165, 1.54) is 13.2 Å². The van der Waals surface area contributed by atoms with Crippen LogP contribution in [0.3, 0.4) is 0 Å². The standard InChI is InChI=1S/C11H16O5/c1-7(5-9(13)14-4)10-8(6-12)15-11(2,3)16-10/h5-6,8,10H,1-4H3/b7-5+/t8-,10-/m0/s1. The van der Waals surface area contributed by atoms with Gasteiger partial charge in [0.15, 0.2) is 12.1 Å². The molecule has 0 N–H and O–H groups in total. The van der Waals surface area contributed by atoms with E-state index in [-0.39, 0.29) is 0 Å². The van der Waals surface area contributed by atoms with Crippen LogP contribution >= 0.6 is 0 Å². The first-order valence-electron chi connectivity index (χ1n) is 4.96. The third kappa shape index (κ3) is 2.90. The van der Waals surface area contributed by atoms with Gasteiger partial charge in [0.1, 0.15) is 12.2 Å². The van der Waals surface area contributed by atoms with Crippen molar-refractivity contribution in [3.05, 3.63) is 11.6 Å². The van der Waals surface area contributed by atoms with Crippen LogP contribution in [0.25, 0.3) is 0 Å². The normalized spacial score (nSPS) is 28.9. The number of ether oxygens (including phenoxy) is 3. The molecule has 90 valence electrons. The minimum absolute atomic E-state index is 0.476. The number of rotatable bonds is 3. The number of esters is 1. The maximum Gasteiger partial charge on any atom is 0.330 e. The maximum absolute atomic E-state index is 11.1. The second-order valence-electron chi connectivity index (χ2n) is 4.07. The van der Waals surface area contributed by atoms with E-state index in [0.717, 1.165) is 0 Å². The summed E-state index contributed by atoms with van der Waals surface area (Å²) in [5.74, 6) is -1.29. The minimum atomic E-state index is -0.818. The Morgan fingerprint density at radius 3 is 2.50 bits per heavy atom. The predicted octanol–water partition coefficient (Wildman–Crippen LogP) is 0.825. The Hall–Kier alpha value is -1.20. The van der Waals surface area contributed by atoms with Crippen LogP contribution < -0.4 is 0 Å². The van der Waals surface area contributed by atoms with Crippen molar-refractivity contribution in [2.24, 2.45) is 0 Å². The molecule has 1 saturated heterocycles. The van der Waals surface area contributed by atoms with Gasteiger partial charge in [-0.15, -0.1) is 0 Å². The first kappa shape index (κ1) is 12.9. The average molecular weight is 228 g/mol. The zero-order valence-corrected chi connectivity index (χ0v) is 9.85. The van der Waals surface area contributed by atoms with Crippen LogP contribution in [0.15, 0.2) is 11.6 Å². The molecule has 0 amide bonds. The quantitative estimate of drug-likeness (QED) is 0.406. The van der Waals surface area contributed by atoms with E-state index in [0.29, 0.717) is 11.9 Å². The number of hydrogen-bond donors (Lipinski definition) is 0. The van der Waals surface area contributed by atoms with Crippen LogP contribution in [-0.4, -0.2) is 37.4 Å². The molecule has 0 aliphatic carbocycles. The molecule has 1 heterocycles. The van der Waals surface area contributed by atoms with Gasteiger partial charge in [0, 0.05) is 6.08 Å². The number of methoxy groups -OCH3 is 1. The molecule has 0 unspecified atom stereocenters. The monoisotopic (exact) mass is 228 g/mol. The molecular formula is C11H16O5. The van der Waals surface area contributed by atoms with Crippen molar-refractivity contribution in [2.75, 3.05) is 7.11 Å². The Morgan fingerprint density at radius 1 is 1.38 bits per heavy atom. The molecule has 5 nitrogen and oxygen atoms in total. The van der Waals surface area contributed by atoms with Gasteiger partial charge >= 0.3 is 5.97 Å². The van der Waals surface area contributed by atoms with Crippen LogP contribution in [-0.2, 0) is 23.8 Å². The van der Waals surface area contributed by atoms with Gasteiger partial charge in [-0.05, 0) is 26.3 Å². The molecule has 2 atom stereocenters. The van der Waals surface area contributed by atoms with Crippen molar-refractivity contribution in [1.82, 2.24) is 0 Å². The van der Waals surface area contributed by atoms with Crippen molar-refractivity contribution in [2.45, 2.75) is 38.8 Å². The molecule has 0 aromatic carbocycles. The maximum atomic E-state index is 11.1. The van der Waals surface area contributed by atoms with E-state index in [2.05, 4.69) is 4.74 Å². The highest BCUT2D eigenvalue weighted by atomic mass is 16.8. The van der Waals surface area contributed by atoms with Crippen molar-refractivity contribution < 1.29 is 23.8 Å². The molecule has 1 rings (SSSR count). The third-order valence-corrected chi connectivity index (χ3v) is 2.26. The fourth-order valence-corrected chi connectivity index (χ4v) is 1.57. The van der Waals surface area contributed by atoms with E-state index in [4.69, 9.17) is 9.47 Å². The summed E-state index contributed by atoms with van der Waals surface area (Å²) in [6, 6.07) is 0. The van der Waals surface area contributed by atoms with Crippen LogP contribution in [0.1, 0.15) is 20.8 Å². The van der Waals surface area contributed by atoms with Gasteiger partial charge < -0.3 is 19.0 Å². The van der Waals surface area contributed by atoms with E-state index in [9.17, 15) is 9.59 Å². The topological polar surface area (TPSA) is 61.8 Å². The Kier molecular flexibility index (Phi) is 3.83. The first-order chi connectivity index (χ1) is 7.39. The van der Waals surface area contributed by atoms with E-state index >= 15 is 0 Å². The van der Waals surface area contributed by atoms with Gasteiger partial charge in [0.25, 0.3) is 0 Å². The van der Waals surface area contributed by atoms with Gasteiger partial charge in [0.2, 0.25) is 0 Å². The zero-order valence-electron chi connectivity index (χ0n) is 9.85. The van der Waals surface area contributed by atoms with Crippen molar-refractivity contribution in [3.8, 4) is 0 Å². The highest BCUT2D eigenvalue weighted by Crippen LogP contribution is 2.30. The molecule has 0 saturated carbocycles.